The average molecular weight is 364 g/mol. The van der Waals surface area contributed by atoms with Gasteiger partial charge in [-0.3, -0.25) is 9.59 Å². The molecule has 2 aromatic carbocycles. The molecule has 0 saturated carbocycles. The molecule has 2 aliphatic heterocycles. The van der Waals surface area contributed by atoms with E-state index in [1.165, 1.54) is 0 Å². The first-order valence-electron chi connectivity index (χ1n) is 9.52. The lowest BCUT2D eigenvalue weighted by molar-refractivity contribution is -0.128. The highest BCUT2D eigenvalue weighted by molar-refractivity contribution is 5.94. The van der Waals surface area contributed by atoms with Gasteiger partial charge in [0.05, 0.1) is 0 Å². The van der Waals surface area contributed by atoms with Crippen LogP contribution in [-0.4, -0.2) is 29.4 Å². The lowest BCUT2D eigenvalue weighted by atomic mass is 10.1. The summed E-state index contributed by atoms with van der Waals surface area (Å²) < 4.78 is 5.69. The molecule has 2 amide bonds. The number of nitrogens with one attached hydrogen (secondary N) is 1. The number of carbonyl (C=O) groups excluding carboxylic acids is 2. The van der Waals surface area contributed by atoms with Crippen molar-refractivity contribution in [1.82, 2.24) is 10.2 Å². The molecule has 0 aromatic heterocycles. The summed E-state index contributed by atoms with van der Waals surface area (Å²) in [6.07, 6.45) is 2.57. The van der Waals surface area contributed by atoms with E-state index < -0.39 is 0 Å². The number of likely N-dealkylation sites (tertiary alicyclic amines) is 1. The van der Waals surface area contributed by atoms with Crippen molar-refractivity contribution in [3.8, 4) is 5.75 Å². The molecule has 27 heavy (non-hydrogen) atoms. The van der Waals surface area contributed by atoms with E-state index in [1.807, 2.05) is 48.2 Å². The molecule has 2 heterocycles. The summed E-state index contributed by atoms with van der Waals surface area (Å²) in [6.45, 7) is 3.90. The van der Waals surface area contributed by atoms with E-state index >= 15 is 0 Å². The molecule has 4 rings (SSSR count). The first-order valence-corrected chi connectivity index (χ1v) is 9.52. The third-order valence-electron chi connectivity index (χ3n) is 5.25. The van der Waals surface area contributed by atoms with Gasteiger partial charge in [0.25, 0.3) is 5.91 Å². The van der Waals surface area contributed by atoms with Crippen LogP contribution in [0.1, 0.15) is 46.8 Å². The molecule has 0 bridgehead atoms. The molecule has 140 valence electrons. The Morgan fingerprint density at radius 1 is 1.22 bits per heavy atom. The van der Waals surface area contributed by atoms with E-state index in [2.05, 4.69) is 5.32 Å². The summed E-state index contributed by atoms with van der Waals surface area (Å²) in [6, 6.07) is 13.6. The minimum atomic E-state index is -0.0931. The van der Waals surface area contributed by atoms with Crippen LogP contribution in [0.2, 0.25) is 0 Å². The standard InChI is InChI=1S/C22H24N2O3/c1-15-11-19-12-16(8-9-20(19)27-15)22(26)23-13-17-5-2-3-6-18(17)14-24-10-4-7-21(24)25/h2-3,5-6,8-9,12,15H,4,7,10-11,13-14H2,1H3,(H,23,26)/t15-/m0/s1. The van der Waals surface area contributed by atoms with Crippen LogP contribution in [0, 0.1) is 0 Å². The third-order valence-corrected chi connectivity index (χ3v) is 5.25. The summed E-state index contributed by atoms with van der Waals surface area (Å²) in [5, 5.41) is 3.01. The van der Waals surface area contributed by atoms with E-state index in [4.69, 9.17) is 4.74 Å². The van der Waals surface area contributed by atoms with Crippen LogP contribution in [0.15, 0.2) is 42.5 Å². The Morgan fingerprint density at radius 3 is 2.81 bits per heavy atom. The second-order valence-corrected chi connectivity index (χ2v) is 7.33. The van der Waals surface area contributed by atoms with Gasteiger partial charge in [-0.05, 0) is 48.2 Å². The molecule has 2 aliphatic rings. The lowest BCUT2D eigenvalue weighted by Crippen LogP contribution is -2.26. The van der Waals surface area contributed by atoms with Crippen LogP contribution in [-0.2, 0) is 24.3 Å². The number of rotatable bonds is 5. The van der Waals surface area contributed by atoms with Crippen LogP contribution < -0.4 is 10.1 Å². The fourth-order valence-electron chi connectivity index (χ4n) is 3.80. The second-order valence-electron chi connectivity index (χ2n) is 7.33. The van der Waals surface area contributed by atoms with Gasteiger partial charge in [-0.25, -0.2) is 0 Å². The fraction of sp³-hybridized carbons (Fsp3) is 0.364. The van der Waals surface area contributed by atoms with Crippen molar-refractivity contribution in [3.63, 3.8) is 0 Å². The summed E-state index contributed by atoms with van der Waals surface area (Å²) in [4.78, 5) is 26.4. The first-order chi connectivity index (χ1) is 13.1. The molecular weight excluding hydrogens is 340 g/mol. The number of hydrogen-bond acceptors (Lipinski definition) is 3. The van der Waals surface area contributed by atoms with E-state index in [0.717, 1.165) is 41.8 Å². The molecule has 0 aliphatic carbocycles. The summed E-state index contributed by atoms with van der Waals surface area (Å²) in [5.41, 5.74) is 3.87. The minimum absolute atomic E-state index is 0.0931. The number of fused-ring (bicyclic) bond motifs is 1. The SMILES string of the molecule is C[C@H]1Cc2cc(C(=O)NCc3ccccc3CN3CCCC3=O)ccc2O1. The molecule has 0 spiro atoms. The predicted octanol–water partition coefficient (Wildman–Crippen LogP) is 3.06. The molecule has 0 unspecified atom stereocenters. The van der Waals surface area contributed by atoms with Crippen LogP contribution in [0.5, 0.6) is 5.75 Å². The van der Waals surface area contributed by atoms with Crippen molar-refractivity contribution < 1.29 is 14.3 Å². The quantitative estimate of drug-likeness (QED) is 0.887. The maximum Gasteiger partial charge on any atom is 0.251 e. The normalized spacial score (nSPS) is 18.3. The number of amides is 2. The van der Waals surface area contributed by atoms with Gasteiger partial charge in [-0.15, -0.1) is 0 Å². The summed E-state index contributed by atoms with van der Waals surface area (Å²) >= 11 is 0. The van der Waals surface area contributed by atoms with Crippen molar-refractivity contribution in [3.05, 3.63) is 64.7 Å². The van der Waals surface area contributed by atoms with Gasteiger partial charge in [-0.1, -0.05) is 24.3 Å². The highest BCUT2D eigenvalue weighted by Gasteiger charge is 2.22. The Labute approximate surface area is 159 Å². The van der Waals surface area contributed by atoms with Crippen molar-refractivity contribution in [2.45, 2.75) is 45.4 Å². The number of ether oxygens (including phenoxy) is 1. The monoisotopic (exact) mass is 364 g/mol. The predicted molar refractivity (Wildman–Crippen MR) is 102 cm³/mol. The smallest absolute Gasteiger partial charge is 0.251 e. The highest BCUT2D eigenvalue weighted by atomic mass is 16.5. The third kappa shape index (κ3) is 3.82. The van der Waals surface area contributed by atoms with E-state index in [1.54, 1.807) is 6.07 Å². The number of benzene rings is 2. The Bertz CT molecular complexity index is 878. The minimum Gasteiger partial charge on any atom is -0.490 e. The van der Waals surface area contributed by atoms with Crippen molar-refractivity contribution in [1.29, 1.82) is 0 Å². The van der Waals surface area contributed by atoms with Gasteiger partial charge in [0.2, 0.25) is 5.91 Å². The number of nitrogens with zero attached hydrogens (tertiary/aromatic N) is 1. The Morgan fingerprint density at radius 2 is 2.04 bits per heavy atom. The van der Waals surface area contributed by atoms with Gasteiger partial charge in [0.1, 0.15) is 11.9 Å². The topological polar surface area (TPSA) is 58.6 Å². The zero-order valence-electron chi connectivity index (χ0n) is 15.5. The van der Waals surface area contributed by atoms with Crippen molar-refractivity contribution in [2.24, 2.45) is 0 Å². The molecular formula is C22H24N2O3. The maximum atomic E-state index is 12.6. The van der Waals surface area contributed by atoms with Gasteiger partial charge in [-0.2, -0.15) is 0 Å². The van der Waals surface area contributed by atoms with Gasteiger partial charge >= 0.3 is 0 Å². The fourth-order valence-corrected chi connectivity index (χ4v) is 3.80. The van der Waals surface area contributed by atoms with Crippen LogP contribution >= 0.6 is 0 Å². The van der Waals surface area contributed by atoms with Crippen LogP contribution in [0.3, 0.4) is 0 Å². The molecule has 5 heteroatoms. The first kappa shape index (κ1) is 17.6. The Kier molecular flexibility index (Phi) is 4.84. The molecule has 5 nitrogen and oxygen atoms in total. The van der Waals surface area contributed by atoms with E-state index in [9.17, 15) is 9.59 Å². The lowest BCUT2D eigenvalue weighted by Gasteiger charge is -2.18. The van der Waals surface area contributed by atoms with Crippen molar-refractivity contribution in [2.75, 3.05) is 6.54 Å². The highest BCUT2D eigenvalue weighted by Crippen LogP contribution is 2.29. The molecule has 0 radical (unpaired) electrons. The van der Waals surface area contributed by atoms with Gasteiger partial charge < -0.3 is 15.0 Å². The number of hydrogen-bond donors (Lipinski definition) is 1. The molecule has 1 atom stereocenters. The van der Waals surface area contributed by atoms with E-state index in [0.29, 0.717) is 25.1 Å². The molecule has 2 aromatic rings. The Hall–Kier alpha value is -2.82. The average Bonchev–Trinajstić information content (AvgIpc) is 3.24. The van der Waals surface area contributed by atoms with Crippen LogP contribution in [0.4, 0.5) is 0 Å². The Balaban J connectivity index is 1.42. The summed E-state index contributed by atoms with van der Waals surface area (Å²) in [5.74, 6) is 0.993. The maximum absolute atomic E-state index is 12.6. The zero-order chi connectivity index (χ0) is 18.8. The van der Waals surface area contributed by atoms with E-state index in [-0.39, 0.29) is 17.9 Å². The molecule has 1 N–H and O–H groups in total. The summed E-state index contributed by atoms with van der Waals surface area (Å²) in [7, 11) is 0. The second kappa shape index (κ2) is 7.43. The van der Waals surface area contributed by atoms with Crippen molar-refractivity contribution >= 4 is 11.8 Å². The van der Waals surface area contributed by atoms with Crippen LogP contribution in [0.25, 0.3) is 0 Å². The van der Waals surface area contributed by atoms with Gasteiger partial charge in [0.15, 0.2) is 0 Å². The zero-order valence-corrected chi connectivity index (χ0v) is 15.5. The van der Waals surface area contributed by atoms with Gasteiger partial charge in [0, 0.05) is 38.0 Å². The molecule has 1 saturated heterocycles. The number of carbonyl (C=O) groups is 2. The molecule has 1 fully saturated rings. The largest absolute Gasteiger partial charge is 0.490 e.